The fourth-order valence-corrected chi connectivity index (χ4v) is 1.64. The molecular weight excluding hydrogens is 185 g/mol. The van der Waals surface area contributed by atoms with Crippen LogP contribution in [0.3, 0.4) is 0 Å². The van der Waals surface area contributed by atoms with Crippen LogP contribution >= 0.6 is 21.2 Å². The molecule has 10 heavy (non-hydrogen) atoms. The monoisotopic (exact) mass is 188 g/mol. The number of nitrogens with zero attached hydrogens (tertiary/aromatic N) is 1. The van der Waals surface area contributed by atoms with Gasteiger partial charge in [0, 0.05) is 0 Å². The molecule has 0 radical (unpaired) electrons. The van der Waals surface area contributed by atoms with Crippen molar-refractivity contribution in [3.8, 4) is 0 Å². The Kier molecular flexibility index (Phi) is 1.95. The minimum Gasteiger partial charge on any atom is -0.278 e. The summed E-state index contributed by atoms with van der Waals surface area (Å²) in [5.41, 5.74) is 3.29. The van der Waals surface area contributed by atoms with E-state index >= 15 is 0 Å². The molecule has 0 spiro atoms. The molecule has 0 aromatic heterocycles. The first-order valence-corrected chi connectivity index (χ1v) is 4.52. The van der Waals surface area contributed by atoms with Crippen LogP contribution in [0.15, 0.2) is 5.10 Å². The lowest BCUT2D eigenvalue weighted by molar-refractivity contribution is -0.0555. The van der Waals surface area contributed by atoms with Crippen LogP contribution < -0.4 is 5.43 Å². The van der Waals surface area contributed by atoms with E-state index in [2.05, 4.69) is 22.2 Å². The fraction of sp³-hybridized carbons (Fsp3) is 0.333. The van der Waals surface area contributed by atoms with Gasteiger partial charge in [0.15, 0.2) is 0 Å². The molecule has 0 aromatic rings. The van der Waals surface area contributed by atoms with E-state index in [9.17, 15) is 13.2 Å². The molecule has 1 atom stereocenters. The van der Waals surface area contributed by atoms with Crippen molar-refractivity contribution >= 4 is 31.7 Å². The average molecular weight is 188 g/mol. The minimum atomic E-state index is -4.36. The summed E-state index contributed by atoms with van der Waals surface area (Å²) in [5, 5.41) is 2.15. The van der Waals surface area contributed by atoms with Crippen molar-refractivity contribution < 1.29 is 13.2 Å². The molecule has 1 N–H and O–H groups in total. The summed E-state index contributed by atoms with van der Waals surface area (Å²) < 4.78 is 35.3. The Hall–Kier alpha value is -0.170. The molecular formula is C3H3F3N2S2. The minimum absolute atomic E-state index is 0.865. The molecule has 2 nitrogen and oxygen atoms in total. The van der Waals surface area contributed by atoms with Crippen LogP contribution in [0.4, 0.5) is 13.2 Å². The molecule has 7 heteroatoms. The van der Waals surface area contributed by atoms with E-state index in [1.165, 1.54) is 5.49 Å². The van der Waals surface area contributed by atoms with Crippen molar-refractivity contribution in [1.82, 2.24) is 5.43 Å². The number of hydrazone groups is 1. The maximum absolute atomic E-state index is 11.8. The van der Waals surface area contributed by atoms with Crippen molar-refractivity contribution in [2.24, 2.45) is 5.10 Å². The molecule has 1 aliphatic heterocycles. The third-order valence-electron chi connectivity index (χ3n) is 0.771. The zero-order valence-corrected chi connectivity index (χ0v) is 6.22. The summed E-state index contributed by atoms with van der Waals surface area (Å²) >= 11 is 3.64. The molecule has 1 unspecified atom stereocenters. The molecule has 1 aliphatic rings. The van der Waals surface area contributed by atoms with Crippen molar-refractivity contribution in [3.63, 3.8) is 0 Å². The Bertz CT molecular complexity index is 206. The first-order chi connectivity index (χ1) is 4.52. The molecule has 0 saturated heterocycles. The van der Waals surface area contributed by atoms with Crippen molar-refractivity contribution in [3.05, 3.63) is 0 Å². The predicted molar refractivity (Wildman–Crippen MR) is 39.3 cm³/mol. The van der Waals surface area contributed by atoms with Gasteiger partial charge < -0.3 is 0 Å². The number of hydrogen-bond donors (Lipinski definition) is 2. The zero-order valence-electron chi connectivity index (χ0n) is 4.51. The van der Waals surface area contributed by atoms with E-state index < -0.39 is 20.7 Å². The van der Waals surface area contributed by atoms with Gasteiger partial charge in [0.1, 0.15) is 0 Å². The highest BCUT2D eigenvalue weighted by Gasteiger charge is 2.38. The predicted octanol–water partition coefficient (Wildman–Crippen LogP) is 1.34. The van der Waals surface area contributed by atoms with Crippen LogP contribution in [0, 0.1) is 0 Å². The van der Waals surface area contributed by atoms with Gasteiger partial charge in [-0.3, -0.25) is 5.43 Å². The summed E-state index contributed by atoms with van der Waals surface area (Å²) in [5.74, 6) is 0. The Balaban J connectivity index is 2.85. The van der Waals surface area contributed by atoms with E-state index in [0.717, 1.165) is 0 Å². The Morgan fingerprint density at radius 3 is 2.40 bits per heavy atom. The Morgan fingerprint density at radius 1 is 1.60 bits per heavy atom. The van der Waals surface area contributed by atoms with Gasteiger partial charge in [-0.2, -0.15) is 18.3 Å². The topological polar surface area (TPSA) is 24.4 Å². The van der Waals surface area contributed by atoms with Crippen molar-refractivity contribution in [2.45, 2.75) is 6.18 Å². The van der Waals surface area contributed by atoms with Gasteiger partial charge in [-0.05, 0) is 0 Å². The van der Waals surface area contributed by atoms with E-state index in [4.69, 9.17) is 0 Å². The normalized spacial score (nSPS) is 25.2. The van der Waals surface area contributed by atoms with Crippen LogP contribution in [0.25, 0.3) is 0 Å². The molecule has 1 rings (SSSR count). The van der Waals surface area contributed by atoms with Crippen LogP contribution in [0.2, 0.25) is 0 Å². The largest absolute Gasteiger partial charge is 0.441 e. The smallest absolute Gasteiger partial charge is 0.278 e. The summed E-state index contributed by atoms with van der Waals surface area (Å²) in [6.07, 6.45) is -4.36. The summed E-state index contributed by atoms with van der Waals surface area (Å²) in [4.78, 5) is 0. The van der Waals surface area contributed by atoms with E-state index in [0.29, 0.717) is 0 Å². The van der Waals surface area contributed by atoms with Gasteiger partial charge in [0.05, 0.1) is 5.49 Å². The number of rotatable bonds is 0. The summed E-state index contributed by atoms with van der Waals surface area (Å²) in [7, 11) is -1.20. The Labute approximate surface area is 62.2 Å². The number of thiol groups is 1. The lowest BCUT2D eigenvalue weighted by atomic mass is 10.7. The fourth-order valence-electron chi connectivity index (χ4n) is 0.419. The van der Waals surface area contributed by atoms with Gasteiger partial charge in [0.2, 0.25) is 5.04 Å². The van der Waals surface area contributed by atoms with Gasteiger partial charge in [0.25, 0.3) is 0 Å². The second kappa shape index (κ2) is 2.46. The molecule has 0 aromatic carbocycles. The zero-order chi connectivity index (χ0) is 7.78. The Morgan fingerprint density at radius 2 is 2.20 bits per heavy atom. The third-order valence-corrected chi connectivity index (χ3v) is 2.65. The molecule has 0 fully saturated rings. The SMILES string of the molecule is FC(F)(F)C1=NNC=S1S. The van der Waals surface area contributed by atoms with Crippen molar-refractivity contribution in [1.29, 1.82) is 0 Å². The van der Waals surface area contributed by atoms with Crippen LogP contribution in [0.1, 0.15) is 0 Å². The van der Waals surface area contributed by atoms with Crippen LogP contribution in [-0.4, -0.2) is 16.7 Å². The average Bonchev–Trinajstić information content (AvgIpc) is 2.11. The highest BCUT2D eigenvalue weighted by molar-refractivity contribution is 8.82. The standard InChI is InChI=1S/C3H3F3N2S2/c4-3(5,6)2-8-7-1-10(2)9/h1,7,9H. The van der Waals surface area contributed by atoms with Gasteiger partial charge in [-0.15, -0.1) is 11.7 Å². The van der Waals surface area contributed by atoms with E-state index in [1.807, 2.05) is 0 Å². The van der Waals surface area contributed by atoms with E-state index in [-0.39, 0.29) is 0 Å². The maximum atomic E-state index is 11.8. The maximum Gasteiger partial charge on any atom is 0.441 e. The quantitative estimate of drug-likeness (QED) is 0.334. The molecule has 0 saturated carbocycles. The molecule has 58 valence electrons. The molecule has 0 amide bonds. The molecule has 1 heterocycles. The second-order valence-electron chi connectivity index (χ2n) is 1.48. The summed E-state index contributed by atoms with van der Waals surface area (Å²) in [6, 6.07) is 0. The first-order valence-electron chi connectivity index (χ1n) is 2.18. The highest BCUT2D eigenvalue weighted by Crippen LogP contribution is 2.33. The van der Waals surface area contributed by atoms with Crippen LogP contribution in [-0.2, 0) is 0 Å². The second-order valence-corrected chi connectivity index (χ2v) is 3.91. The van der Waals surface area contributed by atoms with Gasteiger partial charge >= 0.3 is 6.18 Å². The summed E-state index contributed by atoms with van der Waals surface area (Å²) in [6.45, 7) is 0. The van der Waals surface area contributed by atoms with Gasteiger partial charge in [-0.25, -0.2) is 0 Å². The lowest BCUT2D eigenvalue weighted by Crippen LogP contribution is -2.18. The lowest BCUT2D eigenvalue weighted by Gasteiger charge is -2.04. The van der Waals surface area contributed by atoms with Crippen molar-refractivity contribution in [2.75, 3.05) is 0 Å². The van der Waals surface area contributed by atoms with E-state index in [1.54, 1.807) is 0 Å². The third kappa shape index (κ3) is 1.46. The molecule has 0 bridgehead atoms. The number of halogens is 3. The number of alkyl halides is 3. The first kappa shape index (κ1) is 7.93. The van der Waals surface area contributed by atoms with Crippen LogP contribution in [0.5, 0.6) is 0 Å². The molecule has 0 aliphatic carbocycles. The number of nitrogens with one attached hydrogen (secondary N) is 1. The number of hydrogen-bond acceptors (Lipinski definition) is 3. The highest BCUT2D eigenvalue weighted by atomic mass is 33.1. The van der Waals surface area contributed by atoms with Gasteiger partial charge in [-0.1, -0.05) is 9.52 Å².